The van der Waals surface area contributed by atoms with Crippen LogP contribution in [0.5, 0.6) is 5.75 Å². The molecule has 0 spiro atoms. The summed E-state index contributed by atoms with van der Waals surface area (Å²) >= 11 is 3.02. The summed E-state index contributed by atoms with van der Waals surface area (Å²) in [6, 6.07) is 2.23. The number of hydrogen-bond donors (Lipinski definition) is 1. The van der Waals surface area contributed by atoms with Crippen molar-refractivity contribution in [1.82, 2.24) is 0 Å². The topological polar surface area (TPSA) is 38.7 Å². The van der Waals surface area contributed by atoms with Crippen LogP contribution in [0.3, 0.4) is 0 Å². The fourth-order valence-electron chi connectivity index (χ4n) is 2.11. The van der Waals surface area contributed by atoms with Crippen molar-refractivity contribution < 1.29 is 27.6 Å². The quantitative estimate of drug-likeness (QED) is 0.733. The summed E-state index contributed by atoms with van der Waals surface area (Å²) in [5.74, 6) is 0.659. The summed E-state index contributed by atoms with van der Waals surface area (Å²) in [7, 11) is -0.701. The Balaban J connectivity index is 2.30. The van der Waals surface area contributed by atoms with Crippen molar-refractivity contribution in [2.24, 2.45) is 0 Å². The Morgan fingerprint density at radius 3 is 2.13 bits per heavy atom. The van der Waals surface area contributed by atoms with Gasteiger partial charge in [0.1, 0.15) is 5.75 Å². The standard InChI is InChI=1S/C15H17BBrF3O3/c1-13(2)14(3,4)23-16(22-13)6-5-9-7-10(17)8-11(12(9)21)15(18,19)20/h5-8,21H,1-4H3/b6-5+. The fourth-order valence-corrected chi connectivity index (χ4v) is 2.59. The minimum absolute atomic E-state index is 0.0291. The molecule has 1 aliphatic heterocycles. The van der Waals surface area contributed by atoms with E-state index in [1.807, 2.05) is 27.7 Å². The normalized spacial score (nSPS) is 20.4. The van der Waals surface area contributed by atoms with Crippen LogP contribution < -0.4 is 0 Å². The maximum absolute atomic E-state index is 12.9. The lowest BCUT2D eigenvalue weighted by Crippen LogP contribution is -2.41. The lowest BCUT2D eigenvalue weighted by molar-refractivity contribution is -0.138. The van der Waals surface area contributed by atoms with Crippen molar-refractivity contribution in [3.8, 4) is 5.75 Å². The SMILES string of the molecule is CC1(C)OB(/C=C/c2cc(Br)cc(C(F)(F)F)c2O)OC1(C)C. The largest absolute Gasteiger partial charge is 0.507 e. The van der Waals surface area contributed by atoms with Crippen LogP contribution in [-0.2, 0) is 15.5 Å². The Morgan fingerprint density at radius 1 is 1.13 bits per heavy atom. The molecule has 1 aromatic carbocycles. The summed E-state index contributed by atoms with van der Waals surface area (Å²) in [6.45, 7) is 7.50. The van der Waals surface area contributed by atoms with Crippen LogP contribution in [0.25, 0.3) is 6.08 Å². The van der Waals surface area contributed by atoms with E-state index in [4.69, 9.17) is 9.31 Å². The molecule has 0 aliphatic carbocycles. The van der Waals surface area contributed by atoms with Crippen molar-refractivity contribution >= 4 is 29.1 Å². The van der Waals surface area contributed by atoms with Crippen molar-refractivity contribution in [2.45, 2.75) is 45.1 Å². The summed E-state index contributed by atoms with van der Waals surface area (Å²) in [5, 5.41) is 9.85. The Kier molecular flexibility index (Phi) is 4.65. The number of aromatic hydroxyl groups is 1. The van der Waals surface area contributed by atoms with Crippen LogP contribution in [-0.4, -0.2) is 23.4 Å². The molecule has 0 radical (unpaired) electrons. The first kappa shape index (κ1) is 18.4. The van der Waals surface area contributed by atoms with E-state index in [1.54, 1.807) is 0 Å². The molecule has 1 N–H and O–H groups in total. The van der Waals surface area contributed by atoms with Crippen LogP contribution in [0.15, 0.2) is 22.6 Å². The van der Waals surface area contributed by atoms with Crippen LogP contribution in [0, 0.1) is 0 Å². The molecule has 8 heteroatoms. The van der Waals surface area contributed by atoms with E-state index in [1.165, 1.54) is 18.1 Å². The molecule has 0 unspecified atom stereocenters. The molecule has 126 valence electrons. The lowest BCUT2D eigenvalue weighted by Gasteiger charge is -2.32. The van der Waals surface area contributed by atoms with Crippen molar-refractivity contribution in [2.75, 3.05) is 0 Å². The van der Waals surface area contributed by atoms with Gasteiger partial charge in [-0.2, -0.15) is 13.2 Å². The van der Waals surface area contributed by atoms with E-state index >= 15 is 0 Å². The Hall–Kier alpha value is -0.985. The van der Waals surface area contributed by atoms with Gasteiger partial charge in [-0.1, -0.05) is 28.0 Å². The fraction of sp³-hybridized carbons (Fsp3) is 0.467. The Bertz CT molecular complexity index is 626. The van der Waals surface area contributed by atoms with E-state index < -0.39 is 35.8 Å². The smallest absolute Gasteiger partial charge is 0.487 e. The summed E-state index contributed by atoms with van der Waals surface area (Å²) in [5.41, 5.74) is -2.15. The average Bonchev–Trinajstić information content (AvgIpc) is 2.57. The number of benzene rings is 1. The van der Waals surface area contributed by atoms with E-state index in [2.05, 4.69) is 15.9 Å². The molecule has 1 aromatic rings. The van der Waals surface area contributed by atoms with Gasteiger partial charge in [-0.05, 0) is 39.8 Å². The first-order valence-electron chi connectivity index (χ1n) is 6.97. The van der Waals surface area contributed by atoms with Gasteiger partial charge in [0, 0.05) is 10.0 Å². The van der Waals surface area contributed by atoms with Gasteiger partial charge in [-0.3, -0.25) is 0 Å². The highest BCUT2D eigenvalue weighted by molar-refractivity contribution is 9.10. The van der Waals surface area contributed by atoms with Crippen LogP contribution in [0.1, 0.15) is 38.8 Å². The molecule has 0 atom stereocenters. The molecule has 0 aromatic heterocycles. The Labute approximate surface area is 141 Å². The number of phenols is 1. The van der Waals surface area contributed by atoms with Gasteiger partial charge in [0.15, 0.2) is 0 Å². The third kappa shape index (κ3) is 3.75. The van der Waals surface area contributed by atoms with Gasteiger partial charge >= 0.3 is 13.3 Å². The summed E-state index contributed by atoms with van der Waals surface area (Å²) in [4.78, 5) is 0. The molecule has 0 amide bonds. The second-order valence-corrected chi connectivity index (χ2v) is 7.29. The summed E-state index contributed by atoms with van der Waals surface area (Å²) in [6.07, 6.45) is -3.28. The maximum atomic E-state index is 12.9. The number of alkyl halides is 3. The zero-order valence-corrected chi connectivity index (χ0v) is 14.7. The third-order valence-electron chi connectivity index (χ3n) is 4.11. The highest BCUT2D eigenvalue weighted by Crippen LogP contribution is 2.41. The zero-order valence-electron chi connectivity index (χ0n) is 13.2. The Morgan fingerprint density at radius 2 is 1.65 bits per heavy atom. The highest BCUT2D eigenvalue weighted by atomic mass is 79.9. The predicted octanol–water partition coefficient (Wildman–Crippen LogP) is 4.82. The first-order chi connectivity index (χ1) is 10.3. The van der Waals surface area contributed by atoms with Crippen molar-refractivity contribution in [3.63, 3.8) is 0 Å². The summed E-state index contributed by atoms with van der Waals surface area (Å²) < 4.78 is 50.4. The van der Waals surface area contributed by atoms with Gasteiger partial charge in [0.25, 0.3) is 0 Å². The molecule has 1 fully saturated rings. The van der Waals surface area contributed by atoms with Gasteiger partial charge in [0.2, 0.25) is 0 Å². The van der Waals surface area contributed by atoms with Crippen LogP contribution in [0.4, 0.5) is 13.2 Å². The predicted molar refractivity (Wildman–Crippen MR) is 85.9 cm³/mol. The van der Waals surface area contributed by atoms with Crippen molar-refractivity contribution in [1.29, 1.82) is 0 Å². The number of phenolic OH excluding ortho intramolecular Hbond substituents is 1. The van der Waals surface area contributed by atoms with Crippen LogP contribution in [0.2, 0.25) is 0 Å². The van der Waals surface area contributed by atoms with E-state index in [-0.39, 0.29) is 10.0 Å². The van der Waals surface area contributed by atoms with Crippen LogP contribution >= 0.6 is 15.9 Å². The van der Waals surface area contributed by atoms with E-state index in [9.17, 15) is 18.3 Å². The zero-order chi connectivity index (χ0) is 17.6. The molecule has 1 heterocycles. The monoisotopic (exact) mass is 392 g/mol. The number of halogens is 4. The second-order valence-electron chi connectivity index (χ2n) is 6.37. The lowest BCUT2D eigenvalue weighted by atomic mass is 9.89. The van der Waals surface area contributed by atoms with Gasteiger partial charge < -0.3 is 14.4 Å². The molecule has 3 nitrogen and oxygen atoms in total. The third-order valence-corrected chi connectivity index (χ3v) is 4.57. The minimum atomic E-state index is -4.64. The molecular formula is C15H17BBrF3O3. The van der Waals surface area contributed by atoms with Crippen molar-refractivity contribution in [3.05, 3.63) is 33.7 Å². The molecule has 23 heavy (non-hydrogen) atoms. The van der Waals surface area contributed by atoms with Gasteiger partial charge in [0.05, 0.1) is 16.8 Å². The average molecular weight is 393 g/mol. The van der Waals surface area contributed by atoms with E-state index in [0.29, 0.717) is 0 Å². The first-order valence-corrected chi connectivity index (χ1v) is 7.76. The molecule has 0 bridgehead atoms. The minimum Gasteiger partial charge on any atom is -0.507 e. The molecule has 2 rings (SSSR count). The molecule has 1 aliphatic rings. The van der Waals surface area contributed by atoms with Gasteiger partial charge in [-0.15, -0.1) is 0 Å². The maximum Gasteiger partial charge on any atom is 0.487 e. The van der Waals surface area contributed by atoms with Gasteiger partial charge in [-0.25, -0.2) is 0 Å². The highest BCUT2D eigenvalue weighted by Gasteiger charge is 2.50. The second kappa shape index (κ2) is 5.83. The molecule has 0 saturated carbocycles. The molecular weight excluding hydrogens is 376 g/mol. The van der Waals surface area contributed by atoms with E-state index in [0.717, 1.165) is 6.07 Å². The number of rotatable bonds is 2. The number of hydrogen-bond acceptors (Lipinski definition) is 3. The molecule has 1 saturated heterocycles.